The van der Waals surface area contributed by atoms with Crippen LogP contribution in [-0.4, -0.2) is 35.7 Å². The Bertz CT molecular complexity index is 548. The fourth-order valence-electron chi connectivity index (χ4n) is 1.10. The van der Waals surface area contributed by atoms with Gasteiger partial charge >= 0.3 is 0 Å². The third-order valence-electron chi connectivity index (χ3n) is 2.10. The molecule has 1 unspecified atom stereocenters. The van der Waals surface area contributed by atoms with Crippen molar-refractivity contribution in [3.63, 3.8) is 0 Å². The summed E-state index contributed by atoms with van der Waals surface area (Å²) in [4.78, 5) is 3.61. The number of nitrogen functional groups attached to an aromatic ring is 1. The molecule has 6 nitrogen and oxygen atoms in total. The fraction of sp³-hybridized carbons (Fsp3) is 0.444. The van der Waals surface area contributed by atoms with E-state index in [9.17, 15) is 12.6 Å². The first-order chi connectivity index (χ1) is 8.36. The number of hydrogen-bond donors (Lipinski definition) is 2. The highest BCUT2D eigenvalue weighted by atomic mass is 35.5. The van der Waals surface area contributed by atoms with Gasteiger partial charge in [-0.25, -0.2) is 18.1 Å². The maximum Gasteiger partial charge on any atom is 0.242 e. The summed E-state index contributed by atoms with van der Waals surface area (Å²) < 4.78 is 37.1. The molecule has 0 aliphatic carbocycles. The van der Waals surface area contributed by atoms with Crippen molar-refractivity contribution < 1.29 is 12.6 Å². The average molecular weight is 312 g/mol. The van der Waals surface area contributed by atoms with E-state index in [0.717, 1.165) is 6.20 Å². The summed E-state index contributed by atoms with van der Waals surface area (Å²) >= 11 is 5.70. The van der Waals surface area contributed by atoms with Crippen LogP contribution >= 0.6 is 11.6 Å². The van der Waals surface area contributed by atoms with Gasteiger partial charge in [-0.2, -0.15) is 0 Å². The monoisotopic (exact) mass is 311 g/mol. The summed E-state index contributed by atoms with van der Waals surface area (Å²) in [5.74, 6) is 0.839. The summed E-state index contributed by atoms with van der Waals surface area (Å²) in [6.45, 7) is 1.87. The van der Waals surface area contributed by atoms with Gasteiger partial charge in [-0.1, -0.05) is 18.5 Å². The van der Waals surface area contributed by atoms with Gasteiger partial charge in [0.25, 0.3) is 0 Å². The number of sulfonamides is 1. The van der Waals surface area contributed by atoms with Gasteiger partial charge in [-0.15, -0.1) is 0 Å². The molecule has 9 heteroatoms. The van der Waals surface area contributed by atoms with E-state index >= 15 is 0 Å². The zero-order valence-electron chi connectivity index (χ0n) is 9.72. The van der Waals surface area contributed by atoms with Crippen molar-refractivity contribution in [2.45, 2.75) is 11.8 Å². The molecular weight excluding hydrogens is 298 g/mol. The summed E-state index contributed by atoms with van der Waals surface area (Å²) in [5.41, 5.74) is 5.39. The summed E-state index contributed by atoms with van der Waals surface area (Å²) in [5, 5.41) is 0.0787. The molecule has 0 bridgehead atoms. The predicted octanol–water partition coefficient (Wildman–Crippen LogP) is 0.364. The summed E-state index contributed by atoms with van der Waals surface area (Å²) in [6, 6.07) is 1.23. The van der Waals surface area contributed by atoms with Crippen LogP contribution in [0.15, 0.2) is 17.2 Å². The molecule has 3 N–H and O–H groups in total. The molecule has 0 aromatic carbocycles. The zero-order chi connectivity index (χ0) is 13.8. The minimum absolute atomic E-state index is 0.0658. The molecule has 1 aromatic rings. The molecule has 102 valence electrons. The Balaban J connectivity index is 2.74. The first-order valence-corrected chi connectivity index (χ1v) is 8.47. The van der Waals surface area contributed by atoms with E-state index in [1.807, 2.05) is 0 Å². The molecule has 0 spiro atoms. The van der Waals surface area contributed by atoms with Gasteiger partial charge < -0.3 is 5.73 Å². The molecule has 0 saturated carbocycles. The number of hydrogen-bond acceptors (Lipinski definition) is 5. The zero-order valence-corrected chi connectivity index (χ0v) is 12.1. The molecule has 0 aliphatic rings. The van der Waals surface area contributed by atoms with Crippen molar-refractivity contribution in [2.24, 2.45) is 0 Å². The van der Waals surface area contributed by atoms with E-state index in [2.05, 4.69) is 9.71 Å². The van der Waals surface area contributed by atoms with E-state index < -0.39 is 20.8 Å². The predicted molar refractivity (Wildman–Crippen MR) is 72.4 cm³/mol. The first kappa shape index (κ1) is 15.4. The van der Waals surface area contributed by atoms with Crippen LogP contribution in [0.25, 0.3) is 0 Å². The van der Waals surface area contributed by atoms with Crippen molar-refractivity contribution in [3.8, 4) is 0 Å². The van der Waals surface area contributed by atoms with Gasteiger partial charge in [0.15, 0.2) is 0 Å². The number of halogens is 1. The lowest BCUT2D eigenvalue weighted by atomic mass is 10.5. The van der Waals surface area contributed by atoms with Gasteiger partial charge in [0.2, 0.25) is 10.0 Å². The fourth-order valence-corrected chi connectivity index (χ4v) is 3.08. The smallest absolute Gasteiger partial charge is 0.242 e. The van der Waals surface area contributed by atoms with Crippen molar-refractivity contribution in [1.29, 1.82) is 0 Å². The largest absolute Gasteiger partial charge is 0.382 e. The van der Waals surface area contributed by atoms with Gasteiger partial charge in [0.05, 0.1) is 5.02 Å². The van der Waals surface area contributed by atoms with Crippen LogP contribution in [0, 0.1) is 0 Å². The lowest BCUT2D eigenvalue weighted by molar-refractivity contribution is 0.583. The van der Waals surface area contributed by atoms with E-state index in [1.165, 1.54) is 6.07 Å². The first-order valence-electron chi connectivity index (χ1n) is 5.12. The number of nitrogens with two attached hydrogens (primary N) is 1. The molecule has 18 heavy (non-hydrogen) atoms. The highest BCUT2D eigenvalue weighted by Crippen LogP contribution is 2.19. The second-order valence-electron chi connectivity index (χ2n) is 3.37. The number of rotatable bonds is 6. The van der Waals surface area contributed by atoms with Crippen LogP contribution in [0.4, 0.5) is 5.82 Å². The Morgan fingerprint density at radius 3 is 2.78 bits per heavy atom. The van der Waals surface area contributed by atoms with Crippen LogP contribution in [0.5, 0.6) is 0 Å². The Morgan fingerprint density at radius 1 is 1.56 bits per heavy atom. The lowest BCUT2D eigenvalue weighted by Gasteiger charge is -2.07. The Labute approximate surface area is 113 Å². The Hall–Kier alpha value is -0.700. The summed E-state index contributed by atoms with van der Waals surface area (Å²) in [7, 11) is -4.71. The van der Waals surface area contributed by atoms with Crippen molar-refractivity contribution >= 4 is 38.2 Å². The van der Waals surface area contributed by atoms with Crippen LogP contribution in [0.2, 0.25) is 5.02 Å². The topological polar surface area (TPSA) is 102 Å². The lowest BCUT2D eigenvalue weighted by Crippen LogP contribution is -2.28. The number of pyridine rings is 1. The highest BCUT2D eigenvalue weighted by Gasteiger charge is 2.15. The third kappa shape index (κ3) is 4.20. The second-order valence-corrected chi connectivity index (χ2v) is 7.41. The maximum atomic E-state index is 11.8. The third-order valence-corrected chi connectivity index (χ3v) is 5.13. The number of anilines is 1. The molecule has 0 aliphatic heterocycles. The van der Waals surface area contributed by atoms with E-state index in [0.29, 0.717) is 5.75 Å². The van der Waals surface area contributed by atoms with Crippen LogP contribution in [-0.2, 0) is 20.8 Å². The van der Waals surface area contributed by atoms with Crippen LogP contribution in [0.1, 0.15) is 6.92 Å². The van der Waals surface area contributed by atoms with E-state index in [-0.39, 0.29) is 28.0 Å². The molecule has 1 rings (SSSR count). The van der Waals surface area contributed by atoms with Gasteiger partial charge in [0.1, 0.15) is 10.7 Å². The van der Waals surface area contributed by atoms with Crippen LogP contribution in [0.3, 0.4) is 0 Å². The normalized spacial score (nSPS) is 13.4. The molecule has 0 amide bonds. The minimum Gasteiger partial charge on any atom is -0.382 e. The van der Waals surface area contributed by atoms with Gasteiger partial charge in [-0.05, 0) is 6.07 Å². The molecular formula is C9H14ClN3O3S2. The molecule has 0 radical (unpaired) electrons. The summed E-state index contributed by atoms with van der Waals surface area (Å²) in [6.07, 6.45) is 1.13. The number of nitrogens with one attached hydrogen (secondary N) is 1. The molecule has 1 aromatic heterocycles. The van der Waals surface area contributed by atoms with E-state index in [1.54, 1.807) is 6.92 Å². The van der Waals surface area contributed by atoms with Crippen molar-refractivity contribution in [1.82, 2.24) is 9.71 Å². The number of nitrogens with zero attached hydrogens (tertiary/aromatic N) is 1. The van der Waals surface area contributed by atoms with Crippen molar-refractivity contribution in [2.75, 3.05) is 23.8 Å². The Kier molecular flexibility index (Phi) is 5.51. The number of aromatic nitrogens is 1. The maximum absolute atomic E-state index is 11.8. The minimum atomic E-state index is -3.69. The van der Waals surface area contributed by atoms with Crippen LogP contribution < -0.4 is 10.5 Å². The molecule has 0 fully saturated rings. The molecule has 1 heterocycles. The standard InChI is InChI=1S/C9H14ClN3O3S2/c1-2-17(14)4-3-13-18(15,16)7-5-8(10)9(11)12-6-7/h5-6,13H,2-4H2,1H3,(H2,11,12). The van der Waals surface area contributed by atoms with Gasteiger partial charge in [-0.3, -0.25) is 4.21 Å². The molecule has 1 atom stereocenters. The highest BCUT2D eigenvalue weighted by molar-refractivity contribution is 7.89. The SMILES string of the molecule is CCS(=O)CCNS(=O)(=O)c1cnc(N)c(Cl)c1. The molecule has 0 saturated heterocycles. The quantitative estimate of drug-likeness (QED) is 0.790. The Morgan fingerprint density at radius 2 is 2.22 bits per heavy atom. The van der Waals surface area contributed by atoms with E-state index in [4.69, 9.17) is 17.3 Å². The van der Waals surface area contributed by atoms with Gasteiger partial charge in [0, 0.05) is 35.0 Å². The average Bonchev–Trinajstić information content (AvgIpc) is 2.32. The second kappa shape index (κ2) is 6.46. The van der Waals surface area contributed by atoms with Crippen molar-refractivity contribution in [3.05, 3.63) is 17.3 Å².